The van der Waals surface area contributed by atoms with Crippen molar-refractivity contribution < 1.29 is 76.1 Å². The Labute approximate surface area is 458 Å². The van der Waals surface area contributed by atoms with Crippen LogP contribution in [0.5, 0.6) is 0 Å². The van der Waals surface area contributed by atoms with Gasteiger partial charge in [0.05, 0.1) is 32.5 Å². The summed E-state index contributed by atoms with van der Waals surface area (Å²) in [4.78, 5) is 123. The first-order chi connectivity index (χ1) is 38.0. The zero-order valence-electron chi connectivity index (χ0n) is 43.2. The van der Waals surface area contributed by atoms with Gasteiger partial charge >= 0.3 is 7.82 Å². The summed E-state index contributed by atoms with van der Waals surface area (Å²) in [6.07, 6.45) is 0.461. The number of nitrogens with zero attached hydrogens (tertiary/aromatic N) is 8. The van der Waals surface area contributed by atoms with E-state index in [-0.39, 0.29) is 78.1 Å². The number of unbranched alkanes of at least 4 members (excludes halogenated alkanes) is 2. The van der Waals surface area contributed by atoms with Crippen LogP contribution in [0.3, 0.4) is 0 Å². The number of nitrogen functional groups attached to an aromatic ring is 2. The summed E-state index contributed by atoms with van der Waals surface area (Å²) in [7, 11) is -5.26. The van der Waals surface area contributed by atoms with E-state index >= 15 is 0 Å². The Bertz CT molecular complexity index is 3290. The average molecular weight is 1170 g/mol. The van der Waals surface area contributed by atoms with Gasteiger partial charge in [-0.15, -0.1) is 0 Å². The Morgan fingerprint density at radius 3 is 2.38 bits per heavy atom. The van der Waals surface area contributed by atoms with Crippen LogP contribution >= 0.6 is 26.0 Å². The van der Waals surface area contributed by atoms with Crippen molar-refractivity contribution in [2.45, 2.75) is 114 Å². The Morgan fingerprint density at radius 2 is 1.66 bits per heavy atom. The monoisotopic (exact) mass is 1170 g/mol. The van der Waals surface area contributed by atoms with Crippen LogP contribution in [0.2, 0.25) is 0 Å². The highest BCUT2D eigenvalue weighted by Crippen LogP contribution is 2.55. The van der Waals surface area contributed by atoms with Crippen LogP contribution in [-0.2, 0) is 61.9 Å². The van der Waals surface area contributed by atoms with E-state index in [9.17, 15) is 57.9 Å². The fourth-order valence-electron chi connectivity index (χ4n) is 8.87. The van der Waals surface area contributed by atoms with E-state index < -0.39 is 100 Å². The number of nitrogens with two attached hydrogens (primary N) is 2. The molecule has 3 aliphatic rings. The highest BCUT2D eigenvalue weighted by molar-refractivity contribution is 8.53. The number of carbonyl (C=O) groups excluding carboxylic acids is 5. The van der Waals surface area contributed by atoms with Gasteiger partial charge in [0.2, 0.25) is 23.7 Å². The van der Waals surface area contributed by atoms with E-state index in [2.05, 4.69) is 45.9 Å². The van der Waals surface area contributed by atoms with Crippen molar-refractivity contribution >= 4 is 95.3 Å². The van der Waals surface area contributed by atoms with Crippen molar-refractivity contribution in [3.05, 3.63) is 71.3 Å². The molecule has 34 heteroatoms. The van der Waals surface area contributed by atoms with Crippen LogP contribution in [0, 0.1) is 5.92 Å². The van der Waals surface area contributed by atoms with Gasteiger partial charge in [0.1, 0.15) is 54.1 Å². The van der Waals surface area contributed by atoms with Crippen molar-refractivity contribution in [1.29, 1.82) is 0 Å². The van der Waals surface area contributed by atoms with Crippen LogP contribution in [-0.4, -0.2) is 151 Å². The number of carbonyl (C=O) groups is 5. The molecule has 10 atom stereocenters. The number of imide groups is 1. The number of H-pyrrole nitrogens is 1. The molecule has 2 fully saturated rings. The summed E-state index contributed by atoms with van der Waals surface area (Å²) in [5.74, 6) is -2.98. The second-order valence-electron chi connectivity index (χ2n) is 19.4. The van der Waals surface area contributed by atoms with Crippen molar-refractivity contribution in [2.24, 2.45) is 5.92 Å². The Kier molecular flexibility index (Phi) is 18.7. The van der Waals surface area contributed by atoms with E-state index in [4.69, 9.17) is 34.5 Å². The molecular weight excluding hydrogens is 1110 g/mol. The van der Waals surface area contributed by atoms with Crippen molar-refractivity contribution in [1.82, 2.24) is 54.6 Å². The van der Waals surface area contributed by atoms with Crippen molar-refractivity contribution in [3.63, 3.8) is 0 Å². The fraction of sp³-hybridized carbons (Fsp3) is 0.500. The number of benzene rings is 1. The first-order valence-electron chi connectivity index (χ1n) is 25.0. The summed E-state index contributed by atoms with van der Waals surface area (Å²) < 4.78 is 57.9. The van der Waals surface area contributed by atoms with Gasteiger partial charge in [0.15, 0.2) is 35.7 Å². The molecule has 4 aromatic heterocycles. The molecule has 0 aliphatic carbocycles. The molecular formula is C46H59N14O17P2S-. The molecule has 0 saturated carbocycles. The third kappa shape index (κ3) is 14.1. The lowest BCUT2D eigenvalue weighted by atomic mass is 10.0. The molecule has 0 radical (unpaired) electrons. The molecule has 2 saturated heterocycles. The minimum Gasteiger partial charge on any atom is -0.770 e. The average Bonchev–Trinajstić information content (AvgIpc) is 4.32. The van der Waals surface area contributed by atoms with Crippen LogP contribution in [0.25, 0.3) is 22.3 Å². The van der Waals surface area contributed by atoms with Gasteiger partial charge in [-0.05, 0) is 56.2 Å². The number of anilines is 3. The largest absolute Gasteiger partial charge is 0.770 e. The number of aromatic amines is 1. The van der Waals surface area contributed by atoms with Gasteiger partial charge in [0.25, 0.3) is 17.4 Å². The van der Waals surface area contributed by atoms with Gasteiger partial charge in [0, 0.05) is 36.6 Å². The third-order valence-electron chi connectivity index (χ3n) is 13.2. The second-order valence-corrected chi connectivity index (χ2v) is 24.6. The quantitative estimate of drug-likeness (QED) is 0.0206. The zero-order chi connectivity index (χ0) is 57.7. The predicted molar refractivity (Wildman–Crippen MR) is 281 cm³/mol. The molecule has 1 aromatic carbocycles. The molecule has 3 aliphatic heterocycles. The maximum Gasteiger partial charge on any atom is 0.472 e. The van der Waals surface area contributed by atoms with Crippen LogP contribution in [0.1, 0.15) is 77.3 Å². The number of nitrogens with one attached hydrogen (secondary N) is 4. The first kappa shape index (κ1) is 59.6. The molecule has 11 N–H and O–H groups in total. The zero-order valence-corrected chi connectivity index (χ0v) is 45.8. The molecule has 0 spiro atoms. The van der Waals surface area contributed by atoms with Gasteiger partial charge in [-0.2, -0.15) is 4.98 Å². The van der Waals surface area contributed by atoms with E-state index in [1.807, 2.05) is 0 Å². The van der Waals surface area contributed by atoms with Crippen LogP contribution < -0.4 is 37.9 Å². The van der Waals surface area contributed by atoms with Crippen LogP contribution in [0.15, 0.2) is 60.2 Å². The van der Waals surface area contributed by atoms with Gasteiger partial charge < -0.3 is 61.4 Å². The number of phosphoric ester groups is 1. The van der Waals surface area contributed by atoms with E-state index in [0.29, 0.717) is 53.1 Å². The number of phosphoric acid groups is 1. The number of hydrogen-bond acceptors (Lipinski definition) is 24. The normalized spacial score (nSPS) is 23.4. The highest BCUT2D eigenvalue weighted by Gasteiger charge is 2.51. The second kappa shape index (κ2) is 25.1. The Morgan fingerprint density at radius 1 is 0.950 bits per heavy atom. The molecule has 0 bridgehead atoms. The Hall–Kier alpha value is -6.54. The topological polar surface area (TPSA) is 448 Å². The summed E-state index contributed by atoms with van der Waals surface area (Å²) in [6, 6.07) is 4.11. The summed E-state index contributed by atoms with van der Waals surface area (Å²) in [5.41, 5.74) is 10.4. The SMILES string of the molecule is CC(C)[C@H](NC(=O)CCCCCN1C(=O)C=CC1=O)C(=O)N[C@@H](C)C(=O)Nc1ccc(CSP(=O)([O-])OC[C@H]2O[C@@H](n3cnc4c(=O)[nH]c(N)nc43)[C@H](OP(=O)(O)OC[C@]3(CO)CC[C@H](n4cnc5c(N)ncnc54)O3)[C@@H]2O)cc1. The highest BCUT2D eigenvalue weighted by atomic mass is 32.7. The third-order valence-corrected chi connectivity index (χ3v) is 17.1. The summed E-state index contributed by atoms with van der Waals surface area (Å²) >= 11 is 0.390. The number of rotatable bonds is 26. The standard InChI is InChI=1S/C46H60N14O17P2S/c1-24(2)33(55-29(62)7-5-4-6-16-58-30(63)12-13-31(58)64)42(67)53-25(3)41(66)54-27-10-8-26(9-11-27)18-80-79(71,72)73-17-28-36(65)37(44(75-28)60-23-52-35-40(60)56-45(48)57-43(35)68)77-78(69,70)74-20-46(19-61)15-14-32(76-46)59-22-51-34-38(47)49-21-50-39(34)59/h8-13,21-25,28,32-33,36-37,44,61,65H,4-7,14-20H2,1-3H3,(H,53,67)(H,54,66)(H,55,62)(H,69,70)(H,71,72)(H2,47,49,50)(H3,48,56,57,68)/p-1/t25-,28+,32+,33-,36+,37+,44+,46+/m0/s1. The molecule has 5 amide bonds. The molecule has 2 unspecified atom stereocenters. The molecule has 80 heavy (non-hydrogen) atoms. The number of aliphatic hydroxyl groups is 2. The Balaban J connectivity index is 0.825. The van der Waals surface area contributed by atoms with Gasteiger partial charge in [-0.25, -0.2) is 24.5 Å². The fourth-order valence-corrected chi connectivity index (χ4v) is 12.1. The van der Waals surface area contributed by atoms with Crippen molar-refractivity contribution in [2.75, 3.05) is 43.1 Å². The van der Waals surface area contributed by atoms with Gasteiger partial charge in [-0.1, -0.05) is 43.8 Å². The lowest BCUT2D eigenvalue weighted by Crippen LogP contribution is -2.53. The molecule has 7 heterocycles. The lowest BCUT2D eigenvalue weighted by Gasteiger charge is -2.29. The number of aromatic nitrogens is 8. The minimum atomic E-state index is -5.26. The molecule has 8 rings (SSSR count). The maximum absolute atomic E-state index is 13.7. The smallest absolute Gasteiger partial charge is 0.472 e. The number of hydrogen-bond donors (Lipinski definition) is 9. The first-order valence-corrected chi connectivity index (χ1v) is 29.7. The van der Waals surface area contributed by atoms with E-state index in [1.165, 1.54) is 43.9 Å². The molecule has 31 nitrogen and oxygen atoms in total. The summed E-state index contributed by atoms with van der Waals surface area (Å²) in [6.45, 7) is -1.84. The number of amides is 5. The number of ether oxygens (including phenoxy) is 2. The predicted octanol–water partition coefficient (Wildman–Crippen LogP) is 0.412. The molecule has 432 valence electrons. The van der Waals surface area contributed by atoms with E-state index in [1.54, 1.807) is 30.5 Å². The summed E-state index contributed by atoms with van der Waals surface area (Å²) in [5, 5.41) is 30.0. The van der Waals surface area contributed by atoms with E-state index in [0.717, 1.165) is 15.8 Å². The molecule has 5 aromatic rings. The number of aliphatic hydroxyl groups excluding tert-OH is 2. The number of imidazole rings is 2. The van der Waals surface area contributed by atoms with Crippen molar-refractivity contribution in [3.8, 4) is 0 Å². The number of fused-ring (bicyclic) bond motifs is 2. The maximum atomic E-state index is 13.7. The van der Waals surface area contributed by atoms with Gasteiger partial charge in [-0.3, -0.25) is 61.4 Å². The lowest BCUT2D eigenvalue weighted by molar-refractivity contribution is -0.193. The van der Waals surface area contributed by atoms with Crippen LogP contribution in [0.4, 0.5) is 17.5 Å². The minimum absolute atomic E-state index is 0.105.